The summed E-state index contributed by atoms with van der Waals surface area (Å²) < 4.78 is 0. The van der Waals surface area contributed by atoms with Gasteiger partial charge in [0.05, 0.1) is 6.54 Å². The van der Waals surface area contributed by atoms with E-state index in [1.54, 1.807) is 4.90 Å². The van der Waals surface area contributed by atoms with Crippen LogP contribution in [0.4, 0.5) is 0 Å². The molecule has 4 N–H and O–H groups in total. The molecule has 0 aromatic heterocycles. The highest BCUT2D eigenvalue weighted by Crippen LogP contribution is 1.95. The first kappa shape index (κ1) is 18.4. The number of carbonyl (C=O) groups excluding carboxylic acids is 2. The highest BCUT2D eigenvalue weighted by Gasteiger charge is 2.24. The quantitative estimate of drug-likeness (QED) is 0.450. The summed E-state index contributed by atoms with van der Waals surface area (Å²) in [5.74, 6) is -0.180. The Morgan fingerprint density at radius 1 is 1.00 bits per heavy atom. The van der Waals surface area contributed by atoms with E-state index < -0.39 is 0 Å². The molecule has 1 heterocycles. The maximum absolute atomic E-state index is 12.0. The minimum atomic E-state index is -0.134. The summed E-state index contributed by atoms with van der Waals surface area (Å²) in [6, 6.07) is 10.6. The van der Waals surface area contributed by atoms with Crippen molar-refractivity contribution in [3.63, 3.8) is 0 Å². The van der Waals surface area contributed by atoms with Crippen LogP contribution in [0.3, 0.4) is 0 Å². The molecule has 1 aliphatic heterocycles. The molecule has 0 radical (unpaired) electrons. The molecule has 1 aliphatic rings. The lowest BCUT2D eigenvalue weighted by Crippen LogP contribution is -3.28. The van der Waals surface area contributed by atoms with Crippen molar-refractivity contribution in [2.24, 2.45) is 0 Å². The summed E-state index contributed by atoms with van der Waals surface area (Å²) in [6.07, 6.45) is 0. The van der Waals surface area contributed by atoms with Gasteiger partial charge in [-0.1, -0.05) is 30.3 Å². The van der Waals surface area contributed by atoms with Gasteiger partial charge in [-0.05, 0) is 13.8 Å². The van der Waals surface area contributed by atoms with Gasteiger partial charge < -0.3 is 20.4 Å². The Kier molecular flexibility index (Phi) is 7.21. The van der Waals surface area contributed by atoms with Gasteiger partial charge in [0.2, 0.25) is 5.91 Å². The van der Waals surface area contributed by atoms with Crippen LogP contribution in [0.2, 0.25) is 0 Å². The summed E-state index contributed by atoms with van der Waals surface area (Å²) >= 11 is 0. The molecule has 1 aromatic carbocycles. The minimum absolute atomic E-state index is 0.0459. The van der Waals surface area contributed by atoms with Gasteiger partial charge in [-0.2, -0.15) is 0 Å². The third-order valence-corrected chi connectivity index (χ3v) is 4.27. The Hall–Kier alpha value is -1.92. The molecular weight excluding hydrogens is 304 g/mol. The third kappa shape index (κ3) is 6.68. The summed E-state index contributed by atoms with van der Waals surface area (Å²) in [7, 11) is 0. The van der Waals surface area contributed by atoms with E-state index in [4.69, 9.17) is 0 Å². The molecule has 0 aliphatic carbocycles. The summed E-state index contributed by atoms with van der Waals surface area (Å²) in [4.78, 5) is 26.4. The van der Waals surface area contributed by atoms with Crippen molar-refractivity contribution in [2.45, 2.75) is 26.4 Å². The van der Waals surface area contributed by atoms with Crippen LogP contribution in [0.5, 0.6) is 0 Å². The van der Waals surface area contributed by atoms with Gasteiger partial charge in [-0.15, -0.1) is 0 Å². The fourth-order valence-corrected chi connectivity index (χ4v) is 3.04. The van der Waals surface area contributed by atoms with Crippen molar-refractivity contribution < 1.29 is 19.4 Å². The molecule has 2 rings (SSSR count). The number of piperazine rings is 1. The van der Waals surface area contributed by atoms with E-state index in [1.807, 2.05) is 19.9 Å². The maximum atomic E-state index is 12.0. The zero-order valence-corrected chi connectivity index (χ0v) is 14.7. The van der Waals surface area contributed by atoms with Crippen LogP contribution in [0, 0.1) is 0 Å². The van der Waals surface area contributed by atoms with Crippen molar-refractivity contribution in [2.75, 3.05) is 39.3 Å². The predicted molar refractivity (Wildman–Crippen MR) is 92.7 cm³/mol. The smallest absolute Gasteiger partial charge is 0.275 e. The van der Waals surface area contributed by atoms with Crippen molar-refractivity contribution >= 4 is 11.8 Å². The number of benzene rings is 1. The first-order chi connectivity index (χ1) is 11.5. The van der Waals surface area contributed by atoms with Crippen LogP contribution in [-0.2, 0) is 16.1 Å². The maximum Gasteiger partial charge on any atom is 0.275 e. The SMILES string of the molecule is CC(C)NC(=O)CNC(=O)C[NH+]1CC[NH+](Cc2ccccc2)CC1. The first-order valence-electron chi connectivity index (χ1n) is 8.80. The molecule has 6 nitrogen and oxygen atoms in total. The number of amides is 2. The number of rotatable bonds is 7. The van der Waals surface area contributed by atoms with E-state index in [1.165, 1.54) is 10.5 Å². The van der Waals surface area contributed by atoms with Crippen molar-refractivity contribution in [3.05, 3.63) is 35.9 Å². The fourth-order valence-electron chi connectivity index (χ4n) is 3.04. The van der Waals surface area contributed by atoms with E-state index in [9.17, 15) is 9.59 Å². The van der Waals surface area contributed by atoms with Gasteiger partial charge in [0.25, 0.3) is 5.91 Å². The normalized spacial score (nSPS) is 20.6. The molecular formula is C18H30N4O2+2. The number of quaternary nitrogens is 2. The van der Waals surface area contributed by atoms with Gasteiger partial charge in [0.15, 0.2) is 6.54 Å². The Morgan fingerprint density at radius 3 is 2.25 bits per heavy atom. The molecule has 0 spiro atoms. The number of carbonyl (C=O) groups is 2. The lowest BCUT2D eigenvalue weighted by atomic mass is 10.2. The predicted octanol–water partition coefficient (Wildman–Crippen LogP) is -2.39. The Labute approximate surface area is 144 Å². The number of hydrogen-bond acceptors (Lipinski definition) is 2. The molecule has 1 saturated heterocycles. The van der Waals surface area contributed by atoms with E-state index in [-0.39, 0.29) is 24.4 Å². The van der Waals surface area contributed by atoms with Crippen molar-refractivity contribution in [1.82, 2.24) is 10.6 Å². The van der Waals surface area contributed by atoms with E-state index >= 15 is 0 Å². The van der Waals surface area contributed by atoms with E-state index in [0.717, 1.165) is 32.7 Å². The van der Waals surface area contributed by atoms with Gasteiger partial charge in [-0.3, -0.25) is 9.59 Å². The summed E-state index contributed by atoms with van der Waals surface area (Å²) in [6.45, 7) is 9.51. The second-order valence-electron chi connectivity index (χ2n) is 6.84. The Balaban J connectivity index is 1.63. The molecule has 0 atom stereocenters. The molecule has 6 heteroatoms. The Bertz CT molecular complexity index is 525. The van der Waals surface area contributed by atoms with Gasteiger partial charge in [-0.25, -0.2) is 0 Å². The lowest BCUT2D eigenvalue weighted by Gasteiger charge is -2.29. The second-order valence-corrected chi connectivity index (χ2v) is 6.84. The lowest BCUT2D eigenvalue weighted by molar-refractivity contribution is -1.02. The second kappa shape index (κ2) is 9.39. The van der Waals surface area contributed by atoms with Gasteiger partial charge >= 0.3 is 0 Å². The zero-order valence-electron chi connectivity index (χ0n) is 14.7. The van der Waals surface area contributed by atoms with Gasteiger partial charge in [0, 0.05) is 11.6 Å². The van der Waals surface area contributed by atoms with Crippen LogP contribution in [0.15, 0.2) is 30.3 Å². The fraction of sp³-hybridized carbons (Fsp3) is 0.556. The largest absolute Gasteiger partial charge is 0.352 e. The van der Waals surface area contributed by atoms with Gasteiger partial charge in [0.1, 0.15) is 32.7 Å². The highest BCUT2D eigenvalue weighted by molar-refractivity contribution is 5.85. The van der Waals surface area contributed by atoms with E-state index in [0.29, 0.717) is 6.54 Å². The van der Waals surface area contributed by atoms with Crippen LogP contribution in [0.25, 0.3) is 0 Å². The first-order valence-corrected chi connectivity index (χ1v) is 8.80. The minimum Gasteiger partial charge on any atom is -0.352 e. The average Bonchev–Trinajstić information content (AvgIpc) is 2.55. The molecule has 1 aromatic rings. The molecule has 2 amide bonds. The number of nitrogens with one attached hydrogen (secondary N) is 4. The van der Waals surface area contributed by atoms with Crippen LogP contribution in [0.1, 0.15) is 19.4 Å². The number of hydrogen-bond donors (Lipinski definition) is 4. The zero-order chi connectivity index (χ0) is 17.4. The standard InChI is InChI=1S/C18H28N4O2/c1-15(2)20-17(23)12-19-18(24)14-22-10-8-21(9-11-22)13-16-6-4-3-5-7-16/h3-7,15H,8-14H2,1-2H3,(H,19,24)(H,20,23)/p+2. The third-order valence-electron chi connectivity index (χ3n) is 4.27. The van der Waals surface area contributed by atoms with Crippen molar-refractivity contribution in [1.29, 1.82) is 0 Å². The van der Waals surface area contributed by atoms with Crippen LogP contribution in [-0.4, -0.2) is 57.1 Å². The molecule has 132 valence electrons. The van der Waals surface area contributed by atoms with Crippen LogP contribution >= 0.6 is 0 Å². The molecule has 1 fully saturated rings. The van der Waals surface area contributed by atoms with E-state index in [2.05, 4.69) is 34.9 Å². The topological polar surface area (TPSA) is 67.1 Å². The average molecular weight is 334 g/mol. The molecule has 0 saturated carbocycles. The summed E-state index contributed by atoms with van der Waals surface area (Å²) in [5, 5.41) is 5.47. The monoisotopic (exact) mass is 334 g/mol. The molecule has 0 bridgehead atoms. The Morgan fingerprint density at radius 2 is 1.62 bits per heavy atom. The van der Waals surface area contributed by atoms with Crippen molar-refractivity contribution in [3.8, 4) is 0 Å². The molecule has 24 heavy (non-hydrogen) atoms. The highest BCUT2D eigenvalue weighted by atomic mass is 16.2. The summed E-state index contributed by atoms with van der Waals surface area (Å²) in [5.41, 5.74) is 1.37. The molecule has 0 unspecified atom stereocenters. The van der Waals surface area contributed by atoms with Crippen LogP contribution < -0.4 is 20.4 Å².